The maximum Gasteiger partial charge on any atom is 0.273 e. The summed E-state index contributed by atoms with van der Waals surface area (Å²) in [6.07, 6.45) is 1.42. The normalized spacial score (nSPS) is 13.8. The van der Waals surface area contributed by atoms with Crippen molar-refractivity contribution in [3.05, 3.63) is 42.2 Å². The highest BCUT2D eigenvalue weighted by molar-refractivity contribution is 7.86. The Labute approximate surface area is 129 Å². The first-order valence-electron chi connectivity index (χ1n) is 6.55. The first-order chi connectivity index (χ1) is 10.1. The molecule has 8 heteroatoms. The zero-order valence-electron chi connectivity index (χ0n) is 12.5. The molecule has 118 valence electrons. The summed E-state index contributed by atoms with van der Waals surface area (Å²) < 4.78 is 44.1. The molecule has 0 fully saturated rings. The maximum atomic E-state index is 12.4. The Balaban J connectivity index is 2.59. The minimum absolute atomic E-state index is 0.185. The van der Waals surface area contributed by atoms with Gasteiger partial charge in [-0.2, -0.15) is 8.42 Å². The lowest BCUT2D eigenvalue weighted by atomic mass is 10.2. The number of benzene rings is 1. The van der Waals surface area contributed by atoms with Crippen molar-refractivity contribution in [2.24, 2.45) is 0 Å². The van der Waals surface area contributed by atoms with E-state index in [-0.39, 0.29) is 11.5 Å². The summed E-state index contributed by atoms with van der Waals surface area (Å²) in [6.45, 7) is 4.64. The zero-order chi connectivity index (χ0) is 16.5. The molecular formula is C14H17N2O4PS. The van der Waals surface area contributed by atoms with E-state index in [1.165, 1.54) is 19.2 Å². The number of nitrogens with zero attached hydrogens (tertiary/aromatic N) is 2. The average Bonchev–Trinajstić information content (AvgIpc) is 2.45. The van der Waals surface area contributed by atoms with Crippen LogP contribution >= 0.6 is 7.14 Å². The molecule has 1 unspecified atom stereocenters. The van der Waals surface area contributed by atoms with Crippen LogP contribution in [0.1, 0.15) is 17.9 Å². The third-order valence-electron chi connectivity index (χ3n) is 3.27. The van der Waals surface area contributed by atoms with Crippen LogP contribution in [-0.4, -0.2) is 36.3 Å². The lowest BCUT2D eigenvalue weighted by molar-refractivity contribution is 0.471. The molecule has 1 heterocycles. The second kappa shape index (κ2) is 5.91. The minimum Gasteiger partial charge on any atom is -0.319 e. The Morgan fingerprint density at radius 2 is 1.82 bits per heavy atom. The fourth-order valence-corrected chi connectivity index (χ4v) is 3.65. The van der Waals surface area contributed by atoms with Gasteiger partial charge >= 0.3 is 0 Å². The molecule has 0 amide bonds. The third-order valence-corrected chi connectivity index (χ3v) is 5.95. The van der Waals surface area contributed by atoms with Gasteiger partial charge in [-0.1, -0.05) is 24.3 Å². The molecule has 2 rings (SSSR count). The number of rotatable bonds is 4. The molecule has 6 nitrogen and oxygen atoms in total. The molecule has 1 atom stereocenters. The van der Waals surface area contributed by atoms with Crippen LogP contribution in [0.4, 0.5) is 0 Å². The largest absolute Gasteiger partial charge is 0.319 e. The molecule has 22 heavy (non-hydrogen) atoms. The molecule has 1 aromatic carbocycles. The second-order valence-electron chi connectivity index (χ2n) is 5.33. The molecule has 0 aliphatic carbocycles. The predicted molar refractivity (Wildman–Crippen MR) is 86.5 cm³/mol. The SMILES string of the molecule is CC(c1ccnc(-c2ccccc2P(C)(C)=O)n1)S(=O)(=O)O. The van der Waals surface area contributed by atoms with Gasteiger partial charge in [-0.15, -0.1) is 0 Å². The Hall–Kier alpha value is -1.56. The summed E-state index contributed by atoms with van der Waals surface area (Å²) in [7, 11) is -6.78. The highest BCUT2D eigenvalue weighted by Crippen LogP contribution is 2.38. The van der Waals surface area contributed by atoms with Crippen molar-refractivity contribution < 1.29 is 17.5 Å². The van der Waals surface area contributed by atoms with Crippen LogP contribution in [0.3, 0.4) is 0 Å². The van der Waals surface area contributed by atoms with E-state index in [2.05, 4.69) is 9.97 Å². The van der Waals surface area contributed by atoms with E-state index >= 15 is 0 Å². The molecule has 0 aliphatic heterocycles. The summed E-state index contributed by atoms with van der Waals surface area (Å²) >= 11 is 0. The van der Waals surface area contributed by atoms with Gasteiger partial charge < -0.3 is 4.57 Å². The van der Waals surface area contributed by atoms with Crippen molar-refractivity contribution in [2.45, 2.75) is 12.2 Å². The number of hydrogen-bond acceptors (Lipinski definition) is 5. The minimum atomic E-state index is -4.24. The van der Waals surface area contributed by atoms with E-state index in [1.54, 1.807) is 37.6 Å². The fraction of sp³-hybridized carbons (Fsp3) is 0.286. The van der Waals surface area contributed by atoms with Gasteiger partial charge in [-0.3, -0.25) is 4.55 Å². The Morgan fingerprint density at radius 3 is 2.41 bits per heavy atom. The Morgan fingerprint density at radius 1 is 1.18 bits per heavy atom. The average molecular weight is 340 g/mol. The van der Waals surface area contributed by atoms with Gasteiger partial charge in [-0.05, 0) is 26.3 Å². The van der Waals surface area contributed by atoms with E-state index in [0.717, 1.165) is 0 Å². The van der Waals surface area contributed by atoms with E-state index in [9.17, 15) is 13.0 Å². The van der Waals surface area contributed by atoms with E-state index in [4.69, 9.17) is 4.55 Å². The predicted octanol–water partition coefficient (Wildman–Crippen LogP) is 2.34. The molecule has 0 radical (unpaired) electrons. The molecule has 0 aliphatic rings. The smallest absolute Gasteiger partial charge is 0.273 e. The first kappa shape index (κ1) is 16.8. The maximum absolute atomic E-state index is 12.4. The molecule has 2 aromatic rings. The molecular weight excluding hydrogens is 323 g/mol. The lowest BCUT2D eigenvalue weighted by Gasteiger charge is -2.13. The summed E-state index contributed by atoms with van der Waals surface area (Å²) in [6, 6.07) is 8.48. The molecule has 0 bridgehead atoms. The van der Waals surface area contributed by atoms with E-state index < -0.39 is 22.5 Å². The summed E-state index contributed by atoms with van der Waals surface area (Å²) in [5.41, 5.74) is 0.782. The molecule has 1 N–H and O–H groups in total. The molecule has 1 aromatic heterocycles. The van der Waals surface area contributed by atoms with Crippen LogP contribution in [0.15, 0.2) is 36.5 Å². The molecule has 0 spiro atoms. The summed E-state index contributed by atoms with van der Waals surface area (Å²) in [5.74, 6) is 0.285. The van der Waals surface area contributed by atoms with Crippen molar-refractivity contribution in [2.75, 3.05) is 13.3 Å². The highest BCUT2D eigenvalue weighted by Gasteiger charge is 2.23. The van der Waals surface area contributed by atoms with Gasteiger partial charge in [0.25, 0.3) is 10.1 Å². The van der Waals surface area contributed by atoms with Gasteiger partial charge in [0.2, 0.25) is 0 Å². The lowest BCUT2D eigenvalue weighted by Crippen LogP contribution is -2.13. The summed E-state index contributed by atoms with van der Waals surface area (Å²) in [4.78, 5) is 8.35. The Bertz CT molecular complexity index is 845. The van der Waals surface area contributed by atoms with Gasteiger partial charge in [0.05, 0.1) is 5.69 Å². The highest BCUT2D eigenvalue weighted by atomic mass is 32.2. The van der Waals surface area contributed by atoms with Crippen LogP contribution in [0, 0.1) is 0 Å². The quantitative estimate of drug-likeness (QED) is 0.678. The molecule has 0 saturated heterocycles. The van der Waals surface area contributed by atoms with Gasteiger partial charge in [0.1, 0.15) is 12.4 Å². The van der Waals surface area contributed by atoms with Crippen LogP contribution in [0.25, 0.3) is 11.4 Å². The third kappa shape index (κ3) is 3.61. The monoisotopic (exact) mass is 340 g/mol. The van der Waals surface area contributed by atoms with Gasteiger partial charge in [0.15, 0.2) is 5.82 Å². The zero-order valence-corrected chi connectivity index (χ0v) is 14.2. The van der Waals surface area contributed by atoms with Crippen LogP contribution in [0.2, 0.25) is 0 Å². The molecule has 0 saturated carbocycles. The van der Waals surface area contributed by atoms with E-state index in [1.807, 2.05) is 0 Å². The number of aromatic nitrogens is 2. The summed E-state index contributed by atoms with van der Waals surface area (Å²) in [5, 5.41) is -0.525. The van der Waals surface area contributed by atoms with Crippen molar-refractivity contribution in [1.82, 2.24) is 9.97 Å². The van der Waals surface area contributed by atoms with Crippen molar-refractivity contribution in [3.8, 4) is 11.4 Å². The van der Waals surface area contributed by atoms with Crippen molar-refractivity contribution >= 4 is 22.6 Å². The van der Waals surface area contributed by atoms with Crippen molar-refractivity contribution in [1.29, 1.82) is 0 Å². The van der Waals surface area contributed by atoms with E-state index in [0.29, 0.717) is 10.9 Å². The van der Waals surface area contributed by atoms with Crippen molar-refractivity contribution in [3.63, 3.8) is 0 Å². The number of hydrogen-bond donors (Lipinski definition) is 1. The first-order valence-corrected chi connectivity index (χ1v) is 10.7. The van der Waals surface area contributed by atoms with Gasteiger partial charge in [-0.25, -0.2) is 9.97 Å². The second-order valence-corrected chi connectivity index (χ2v) is 10.3. The van der Waals surface area contributed by atoms with Crippen LogP contribution < -0.4 is 5.30 Å². The van der Waals surface area contributed by atoms with Crippen LogP contribution in [0.5, 0.6) is 0 Å². The Kier molecular flexibility index (Phi) is 4.52. The topological polar surface area (TPSA) is 97.2 Å². The standard InChI is InChI=1S/C14H17N2O4PS/c1-10(22(18,19)20)12-8-9-15-14(16-12)11-6-4-5-7-13(11)21(2,3)17/h4-10H,1-3H3,(H,18,19,20). The fourth-order valence-electron chi connectivity index (χ4n) is 2.01. The van der Waals surface area contributed by atoms with Gasteiger partial charge in [0, 0.05) is 17.1 Å². The van der Waals surface area contributed by atoms with Crippen LogP contribution in [-0.2, 0) is 14.7 Å².